The summed E-state index contributed by atoms with van der Waals surface area (Å²) in [5, 5.41) is 6.12. The molecule has 5 nitrogen and oxygen atoms in total. The molecule has 0 aliphatic rings. The smallest absolute Gasteiger partial charge is 0.251 e. The van der Waals surface area contributed by atoms with Gasteiger partial charge >= 0.3 is 0 Å². The van der Waals surface area contributed by atoms with E-state index in [1.807, 2.05) is 42.0 Å². The van der Waals surface area contributed by atoms with Gasteiger partial charge < -0.3 is 9.88 Å². The van der Waals surface area contributed by atoms with E-state index in [1.165, 1.54) is 5.56 Å². The Balaban J connectivity index is 1.30. The molecule has 0 atom stereocenters. The highest BCUT2D eigenvalue weighted by molar-refractivity contribution is 7.09. The van der Waals surface area contributed by atoms with E-state index in [1.54, 1.807) is 23.9 Å². The van der Waals surface area contributed by atoms with Gasteiger partial charge in [-0.1, -0.05) is 24.3 Å². The van der Waals surface area contributed by atoms with Crippen molar-refractivity contribution in [3.05, 3.63) is 88.8 Å². The molecule has 4 aromatic rings. The van der Waals surface area contributed by atoms with Gasteiger partial charge in [0.1, 0.15) is 0 Å². The molecular formula is C22H20N4OS. The zero-order chi connectivity index (χ0) is 19.3. The molecule has 0 unspecified atom stereocenters. The van der Waals surface area contributed by atoms with Crippen LogP contribution in [0.5, 0.6) is 0 Å². The zero-order valence-electron chi connectivity index (χ0n) is 15.5. The number of hydrogen-bond donors (Lipinski definition) is 1. The number of hydrogen-bond acceptors (Lipinski definition) is 4. The Kier molecular flexibility index (Phi) is 5.30. The van der Waals surface area contributed by atoms with E-state index < -0.39 is 0 Å². The SMILES string of the molecule is Cc1nc(-c2ccc(CCNC(=O)c3ccc(-n4ccnc4)cc3)cc2)cs1. The first-order valence-electron chi connectivity index (χ1n) is 9.07. The van der Waals surface area contributed by atoms with Crippen molar-refractivity contribution < 1.29 is 4.79 Å². The monoisotopic (exact) mass is 388 g/mol. The topological polar surface area (TPSA) is 59.8 Å². The lowest BCUT2D eigenvalue weighted by Crippen LogP contribution is -2.25. The van der Waals surface area contributed by atoms with Gasteiger partial charge in [-0.2, -0.15) is 0 Å². The van der Waals surface area contributed by atoms with Crippen LogP contribution < -0.4 is 5.32 Å². The molecule has 0 saturated heterocycles. The van der Waals surface area contributed by atoms with E-state index in [-0.39, 0.29) is 5.91 Å². The van der Waals surface area contributed by atoms with Crippen molar-refractivity contribution in [3.8, 4) is 16.9 Å². The lowest BCUT2D eigenvalue weighted by atomic mass is 10.1. The van der Waals surface area contributed by atoms with Crippen molar-refractivity contribution in [2.75, 3.05) is 6.54 Å². The molecule has 140 valence electrons. The zero-order valence-corrected chi connectivity index (χ0v) is 16.3. The van der Waals surface area contributed by atoms with Crippen LogP contribution in [0.4, 0.5) is 0 Å². The van der Waals surface area contributed by atoms with E-state index in [0.29, 0.717) is 12.1 Å². The van der Waals surface area contributed by atoms with Gasteiger partial charge in [-0.05, 0) is 43.2 Å². The number of carbonyl (C=O) groups is 1. The fourth-order valence-corrected chi connectivity index (χ4v) is 3.58. The molecule has 28 heavy (non-hydrogen) atoms. The molecule has 2 heterocycles. The number of aryl methyl sites for hydroxylation is 1. The normalized spacial score (nSPS) is 10.8. The second kappa shape index (κ2) is 8.19. The minimum absolute atomic E-state index is 0.0632. The van der Waals surface area contributed by atoms with Crippen molar-refractivity contribution >= 4 is 17.2 Å². The number of amides is 1. The lowest BCUT2D eigenvalue weighted by molar-refractivity contribution is 0.0954. The standard InChI is InChI=1S/C22H20N4OS/c1-16-25-21(14-28-16)18-4-2-17(3-5-18)10-11-24-22(27)19-6-8-20(9-7-19)26-13-12-23-15-26/h2-9,12-15H,10-11H2,1H3,(H,24,27). The third-order valence-electron chi connectivity index (χ3n) is 4.50. The molecule has 0 spiro atoms. The summed E-state index contributed by atoms with van der Waals surface area (Å²) in [5.41, 5.74) is 4.95. The van der Waals surface area contributed by atoms with Crippen molar-refractivity contribution in [1.82, 2.24) is 19.9 Å². The van der Waals surface area contributed by atoms with E-state index in [4.69, 9.17) is 0 Å². The number of rotatable bonds is 6. The molecule has 6 heteroatoms. The first-order chi connectivity index (χ1) is 13.7. The lowest BCUT2D eigenvalue weighted by Gasteiger charge is -2.07. The van der Waals surface area contributed by atoms with Crippen LogP contribution in [-0.2, 0) is 6.42 Å². The highest BCUT2D eigenvalue weighted by Crippen LogP contribution is 2.21. The second-order valence-corrected chi connectivity index (χ2v) is 7.53. The second-order valence-electron chi connectivity index (χ2n) is 6.47. The van der Waals surface area contributed by atoms with Crippen LogP contribution >= 0.6 is 11.3 Å². The summed E-state index contributed by atoms with van der Waals surface area (Å²) >= 11 is 1.66. The summed E-state index contributed by atoms with van der Waals surface area (Å²) in [6.45, 7) is 2.60. The van der Waals surface area contributed by atoms with Gasteiger partial charge in [0, 0.05) is 41.1 Å². The molecule has 1 amide bonds. The summed E-state index contributed by atoms with van der Waals surface area (Å²) in [4.78, 5) is 20.9. The Morgan fingerprint density at radius 1 is 1.11 bits per heavy atom. The molecule has 2 aromatic carbocycles. The summed E-state index contributed by atoms with van der Waals surface area (Å²) in [5.74, 6) is -0.0632. The maximum absolute atomic E-state index is 12.3. The van der Waals surface area contributed by atoms with E-state index in [9.17, 15) is 4.79 Å². The number of benzene rings is 2. The van der Waals surface area contributed by atoms with Crippen LogP contribution in [0.1, 0.15) is 20.9 Å². The average molecular weight is 388 g/mol. The Bertz CT molecular complexity index is 1050. The molecule has 0 aliphatic heterocycles. The predicted molar refractivity (Wildman–Crippen MR) is 112 cm³/mol. The number of imidazole rings is 1. The first kappa shape index (κ1) is 18.1. The van der Waals surface area contributed by atoms with Gasteiger partial charge in [-0.25, -0.2) is 9.97 Å². The molecule has 4 rings (SSSR count). The minimum atomic E-state index is -0.0632. The van der Waals surface area contributed by atoms with Gasteiger partial charge in [0.05, 0.1) is 17.0 Å². The summed E-state index contributed by atoms with van der Waals surface area (Å²) in [6.07, 6.45) is 6.12. The third kappa shape index (κ3) is 4.18. The minimum Gasteiger partial charge on any atom is -0.352 e. The van der Waals surface area contributed by atoms with E-state index in [2.05, 4.69) is 44.9 Å². The van der Waals surface area contributed by atoms with Crippen molar-refractivity contribution in [2.45, 2.75) is 13.3 Å². The molecule has 2 aromatic heterocycles. The maximum Gasteiger partial charge on any atom is 0.251 e. The van der Waals surface area contributed by atoms with E-state index >= 15 is 0 Å². The number of aromatic nitrogens is 3. The highest BCUT2D eigenvalue weighted by Gasteiger charge is 2.06. The van der Waals surface area contributed by atoms with Gasteiger partial charge in [0.25, 0.3) is 5.91 Å². The fraction of sp³-hybridized carbons (Fsp3) is 0.136. The Hall–Kier alpha value is -3.25. The van der Waals surface area contributed by atoms with Crippen LogP contribution in [0.15, 0.2) is 72.6 Å². The van der Waals surface area contributed by atoms with Crippen molar-refractivity contribution in [1.29, 1.82) is 0 Å². The molecule has 0 bridgehead atoms. The predicted octanol–water partition coefficient (Wildman–Crippen LogP) is 4.28. The average Bonchev–Trinajstić information content (AvgIpc) is 3.41. The van der Waals surface area contributed by atoms with Crippen LogP contribution in [-0.4, -0.2) is 27.0 Å². The van der Waals surface area contributed by atoms with Crippen LogP contribution in [0.2, 0.25) is 0 Å². The Morgan fingerprint density at radius 2 is 1.89 bits per heavy atom. The molecule has 0 saturated carbocycles. The Morgan fingerprint density at radius 3 is 2.54 bits per heavy atom. The van der Waals surface area contributed by atoms with Crippen LogP contribution in [0.3, 0.4) is 0 Å². The quantitative estimate of drug-likeness (QED) is 0.536. The summed E-state index contributed by atoms with van der Waals surface area (Å²) in [6, 6.07) is 15.8. The molecule has 0 fully saturated rings. The first-order valence-corrected chi connectivity index (χ1v) is 9.95. The van der Waals surface area contributed by atoms with Crippen LogP contribution in [0, 0.1) is 6.92 Å². The highest BCUT2D eigenvalue weighted by atomic mass is 32.1. The van der Waals surface area contributed by atoms with Gasteiger partial charge in [0.2, 0.25) is 0 Å². The van der Waals surface area contributed by atoms with Crippen molar-refractivity contribution in [2.24, 2.45) is 0 Å². The number of thiazole rings is 1. The fourth-order valence-electron chi connectivity index (χ4n) is 2.96. The number of nitrogens with zero attached hydrogens (tertiary/aromatic N) is 3. The Labute approximate surface area is 167 Å². The van der Waals surface area contributed by atoms with Crippen LogP contribution in [0.25, 0.3) is 16.9 Å². The van der Waals surface area contributed by atoms with Gasteiger partial charge in [-0.3, -0.25) is 4.79 Å². The molecular weight excluding hydrogens is 368 g/mol. The third-order valence-corrected chi connectivity index (χ3v) is 5.27. The maximum atomic E-state index is 12.3. The van der Waals surface area contributed by atoms with Gasteiger partial charge in [0.15, 0.2) is 0 Å². The molecule has 0 aliphatic carbocycles. The number of nitrogens with one attached hydrogen (secondary N) is 1. The molecule has 1 N–H and O–H groups in total. The number of carbonyl (C=O) groups excluding carboxylic acids is 1. The van der Waals surface area contributed by atoms with E-state index in [0.717, 1.165) is 28.4 Å². The largest absolute Gasteiger partial charge is 0.352 e. The summed E-state index contributed by atoms with van der Waals surface area (Å²) < 4.78 is 1.90. The van der Waals surface area contributed by atoms with Gasteiger partial charge in [-0.15, -0.1) is 11.3 Å². The summed E-state index contributed by atoms with van der Waals surface area (Å²) in [7, 11) is 0. The van der Waals surface area contributed by atoms with Crippen molar-refractivity contribution in [3.63, 3.8) is 0 Å². The molecule has 0 radical (unpaired) electrons.